The maximum Gasteiger partial charge on any atom is 0.251 e. The largest absolute Gasteiger partial charge is 0.478 e. The maximum absolute atomic E-state index is 13.6. The molecule has 0 atom stereocenters. The van der Waals surface area contributed by atoms with Gasteiger partial charge in [-0.15, -0.1) is 6.42 Å². The quantitative estimate of drug-likeness (QED) is 0.840. The molecule has 1 amide bonds. The molecule has 2 rings (SSSR count). The lowest BCUT2D eigenvalue weighted by Gasteiger charge is -2.07. The number of hydrogen-bond donors (Lipinski definition) is 1. The second kappa shape index (κ2) is 8.21. The Kier molecular flexibility index (Phi) is 6.58. The minimum absolute atomic E-state index is 0.00411. The molecule has 0 saturated heterocycles. The molecule has 1 aliphatic carbocycles. The van der Waals surface area contributed by atoms with Gasteiger partial charge >= 0.3 is 0 Å². The zero-order valence-electron chi connectivity index (χ0n) is 11.9. The Hall–Kier alpha value is -2.02. The summed E-state index contributed by atoms with van der Waals surface area (Å²) in [6.07, 6.45) is 7.34. The number of ether oxygens (including phenoxy) is 1. The molecule has 108 valence electrons. The van der Waals surface area contributed by atoms with Gasteiger partial charge in [0, 0.05) is 12.1 Å². The molecule has 0 spiro atoms. The van der Waals surface area contributed by atoms with Crippen LogP contribution in [0.15, 0.2) is 18.2 Å². The molecule has 1 fully saturated rings. The van der Waals surface area contributed by atoms with Crippen LogP contribution in [0, 0.1) is 24.1 Å². The summed E-state index contributed by atoms with van der Waals surface area (Å²) in [4.78, 5) is 11.7. The molecule has 1 aromatic carbocycles. The van der Waals surface area contributed by atoms with Crippen molar-refractivity contribution in [1.82, 2.24) is 5.32 Å². The van der Waals surface area contributed by atoms with Crippen molar-refractivity contribution in [2.24, 2.45) is 5.92 Å². The number of nitrogens with one attached hydrogen (secondary N) is 1. The van der Waals surface area contributed by atoms with E-state index in [9.17, 15) is 9.18 Å². The minimum atomic E-state index is -0.579. The maximum atomic E-state index is 13.6. The second-order valence-electron chi connectivity index (χ2n) is 4.29. The van der Waals surface area contributed by atoms with Crippen molar-refractivity contribution in [2.45, 2.75) is 26.7 Å². The molecule has 1 aromatic rings. The van der Waals surface area contributed by atoms with Crippen LogP contribution in [0.4, 0.5) is 4.39 Å². The SMILES string of the molecule is C#CCOc1ccc(C(=O)NCC2CC2)cc1F.CC. The molecule has 1 aliphatic rings. The smallest absolute Gasteiger partial charge is 0.251 e. The summed E-state index contributed by atoms with van der Waals surface area (Å²) >= 11 is 0. The van der Waals surface area contributed by atoms with Gasteiger partial charge in [0.1, 0.15) is 6.61 Å². The van der Waals surface area contributed by atoms with Crippen LogP contribution in [0.2, 0.25) is 0 Å². The van der Waals surface area contributed by atoms with E-state index < -0.39 is 5.82 Å². The molecule has 3 nitrogen and oxygen atoms in total. The number of carbonyl (C=O) groups excluding carboxylic acids is 1. The number of rotatable bonds is 5. The van der Waals surface area contributed by atoms with Gasteiger partial charge in [-0.3, -0.25) is 4.79 Å². The zero-order chi connectivity index (χ0) is 15.0. The number of hydrogen-bond acceptors (Lipinski definition) is 2. The van der Waals surface area contributed by atoms with Gasteiger partial charge < -0.3 is 10.1 Å². The van der Waals surface area contributed by atoms with Crippen molar-refractivity contribution < 1.29 is 13.9 Å². The Morgan fingerprint density at radius 2 is 2.20 bits per heavy atom. The molecule has 20 heavy (non-hydrogen) atoms. The average molecular weight is 277 g/mol. The summed E-state index contributed by atoms with van der Waals surface area (Å²) in [6.45, 7) is 4.67. The molecule has 0 heterocycles. The summed E-state index contributed by atoms with van der Waals surface area (Å²) < 4.78 is 18.6. The Bertz CT molecular complexity index is 490. The lowest BCUT2D eigenvalue weighted by Crippen LogP contribution is -2.25. The van der Waals surface area contributed by atoms with Crippen LogP contribution in [0.3, 0.4) is 0 Å². The molecule has 0 aliphatic heterocycles. The van der Waals surface area contributed by atoms with Crippen LogP contribution in [0.1, 0.15) is 37.0 Å². The number of amides is 1. The van der Waals surface area contributed by atoms with Crippen molar-refractivity contribution in [3.63, 3.8) is 0 Å². The minimum Gasteiger partial charge on any atom is -0.478 e. The van der Waals surface area contributed by atoms with Crippen molar-refractivity contribution >= 4 is 5.91 Å². The van der Waals surface area contributed by atoms with E-state index in [1.165, 1.54) is 12.1 Å². The van der Waals surface area contributed by atoms with Crippen LogP contribution >= 0.6 is 0 Å². The molecule has 0 bridgehead atoms. The van der Waals surface area contributed by atoms with Crippen molar-refractivity contribution in [2.75, 3.05) is 13.2 Å². The number of terminal acetylenes is 1. The van der Waals surface area contributed by atoms with Crippen LogP contribution in [-0.4, -0.2) is 19.1 Å². The highest BCUT2D eigenvalue weighted by Gasteiger charge is 2.22. The van der Waals surface area contributed by atoms with Gasteiger partial charge in [0.15, 0.2) is 11.6 Å². The summed E-state index contributed by atoms with van der Waals surface area (Å²) in [5, 5.41) is 2.77. The van der Waals surface area contributed by atoms with Crippen LogP contribution in [-0.2, 0) is 0 Å². The summed E-state index contributed by atoms with van der Waals surface area (Å²) in [6, 6.07) is 4.10. The number of halogens is 1. The van der Waals surface area contributed by atoms with E-state index in [0.717, 1.165) is 18.9 Å². The fourth-order valence-electron chi connectivity index (χ4n) is 1.54. The van der Waals surface area contributed by atoms with Gasteiger partial charge in [0.25, 0.3) is 5.91 Å². The first-order valence-electron chi connectivity index (χ1n) is 6.84. The van der Waals surface area contributed by atoms with Crippen LogP contribution in [0.5, 0.6) is 5.75 Å². The third kappa shape index (κ3) is 4.93. The second-order valence-corrected chi connectivity index (χ2v) is 4.29. The number of carbonyl (C=O) groups is 1. The van der Waals surface area contributed by atoms with Gasteiger partial charge in [-0.2, -0.15) is 0 Å². The highest BCUT2D eigenvalue weighted by Crippen LogP contribution is 2.27. The lowest BCUT2D eigenvalue weighted by molar-refractivity contribution is 0.0951. The first-order valence-corrected chi connectivity index (χ1v) is 6.84. The average Bonchev–Trinajstić information content (AvgIpc) is 3.30. The van der Waals surface area contributed by atoms with Gasteiger partial charge in [-0.25, -0.2) is 4.39 Å². The number of benzene rings is 1. The third-order valence-corrected chi connectivity index (χ3v) is 2.75. The van der Waals surface area contributed by atoms with Gasteiger partial charge in [0.05, 0.1) is 0 Å². The fourth-order valence-corrected chi connectivity index (χ4v) is 1.54. The molecule has 1 saturated carbocycles. The first kappa shape index (κ1) is 16.0. The normalized spacial score (nSPS) is 12.7. The van der Waals surface area contributed by atoms with E-state index in [1.54, 1.807) is 0 Å². The van der Waals surface area contributed by atoms with E-state index in [4.69, 9.17) is 11.2 Å². The molecule has 0 radical (unpaired) electrons. The predicted octanol–water partition coefficient (Wildman–Crippen LogP) is 3.00. The topological polar surface area (TPSA) is 38.3 Å². The van der Waals surface area contributed by atoms with E-state index in [-0.39, 0.29) is 18.3 Å². The molecule has 0 unspecified atom stereocenters. The molecule has 4 heteroatoms. The monoisotopic (exact) mass is 277 g/mol. The van der Waals surface area contributed by atoms with Crippen molar-refractivity contribution in [1.29, 1.82) is 0 Å². The lowest BCUT2D eigenvalue weighted by atomic mass is 10.2. The standard InChI is InChI=1S/C14H14FNO2.C2H6/c1-2-7-18-13-6-5-11(8-12(13)15)14(17)16-9-10-3-4-10;1-2/h1,5-6,8,10H,3-4,7,9H2,(H,16,17);1-2H3. The summed E-state index contributed by atoms with van der Waals surface area (Å²) in [5.41, 5.74) is 0.293. The Morgan fingerprint density at radius 3 is 2.75 bits per heavy atom. The molecular formula is C16H20FNO2. The Labute approximate surface area is 119 Å². The third-order valence-electron chi connectivity index (χ3n) is 2.75. The molecular weight excluding hydrogens is 257 g/mol. The van der Waals surface area contributed by atoms with Crippen molar-refractivity contribution in [3.05, 3.63) is 29.6 Å². The van der Waals surface area contributed by atoms with Crippen LogP contribution in [0.25, 0.3) is 0 Å². The fraction of sp³-hybridized carbons (Fsp3) is 0.438. The highest BCUT2D eigenvalue weighted by atomic mass is 19.1. The summed E-state index contributed by atoms with van der Waals surface area (Å²) in [7, 11) is 0. The predicted molar refractivity (Wildman–Crippen MR) is 77.1 cm³/mol. The van der Waals surface area contributed by atoms with Crippen LogP contribution < -0.4 is 10.1 Å². The summed E-state index contributed by atoms with van der Waals surface area (Å²) in [5.74, 6) is 2.07. The van der Waals surface area contributed by atoms with Gasteiger partial charge in [0.2, 0.25) is 0 Å². The van der Waals surface area contributed by atoms with Gasteiger partial charge in [-0.05, 0) is 37.0 Å². The van der Waals surface area contributed by atoms with Gasteiger partial charge in [-0.1, -0.05) is 19.8 Å². The molecule has 1 N–H and O–H groups in total. The van der Waals surface area contributed by atoms with Crippen molar-refractivity contribution in [3.8, 4) is 18.1 Å². The Morgan fingerprint density at radius 1 is 1.50 bits per heavy atom. The first-order chi connectivity index (χ1) is 9.70. The molecule has 0 aromatic heterocycles. The zero-order valence-corrected chi connectivity index (χ0v) is 11.9. The van der Waals surface area contributed by atoms with E-state index in [2.05, 4.69) is 11.2 Å². The highest BCUT2D eigenvalue weighted by molar-refractivity contribution is 5.94. The van der Waals surface area contributed by atoms with E-state index in [0.29, 0.717) is 18.0 Å². The van der Waals surface area contributed by atoms with E-state index >= 15 is 0 Å². The Balaban J connectivity index is 0.000000956. The van der Waals surface area contributed by atoms with E-state index in [1.807, 2.05) is 13.8 Å².